The van der Waals surface area contributed by atoms with Crippen molar-refractivity contribution in [2.75, 3.05) is 18.0 Å². The largest absolute Gasteiger partial charge is 0.355 e. The van der Waals surface area contributed by atoms with E-state index in [0.717, 1.165) is 4.52 Å². The van der Waals surface area contributed by atoms with Crippen LogP contribution in [0.2, 0.25) is 0 Å². The van der Waals surface area contributed by atoms with Gasteiger partial charge in [0.05, 0.1) is 0 Å². The van der Waals surface area contributed by atoms with Gasteiger partial charge in [-0.2, -0.15) is 4.52 Å². The Morgan fingerprint density at radius 3 is 2.41 bits per heavy atom. The summed E-state index contributed by atoms with van der Waals surface area (Å²) in [6.45, 7) is 1.14. The van der Waals surface area contributed by atoms with Crippen LogP contribution < -0.4 is 4.90 Å². The molecule has 2 aromatic heterocycles. The van der Waals surface area contributed by atoms with E-state index in [1.54, 1.807) is 12.1 Å². The molecule has 0 atom stereocenters. The van der Waals surface area contributed by atoms with E-state index in [9.17, 15) is 18.0 Å². The number of fused-ring (bicyclic) bond motifs is 1. The van der Waals surface area contributed by atoms with E-state index in [4.69, 9.17) is 0 Å². The molecular weight excluding hydrogens is 359 g/mol. The fraction of sp³-hybridized carbons (Fsp3) is 0.333. The van der Waals surface area contributed by atoms with Crippen molar-refractivity contribution in [3.63, 3.8) is 0 Å². The standard InChI is InChI=1S/C18H16F3N5O/c19-13-3-1-11(2-4-13)16(27)12-7-9-25(10-8-12)15-6-5-14-22-23-18(17(20)21)26(14)24-15/h1-6,12,17H,7-10H2. The van der Waals surface area contributed by atoms with Gasteiger partial charge < -0.3 is 4.90 Å². The highest BCUT2D eigenvalue weighted by Gasteiger charge is 2.27. The van der Waals surface area contributed by atoms with E-state index >= 15 is 0 Å². The van der Waals surface area contributed by atoms with Gasteiger partial charge in [0, 0.05) is 24.6 Å². The van der Waals surface area contributed by atoms with Crippen molar-refractivity contribution in [1.29, 1.82) is 0 Å². The second-order valence-electron chi connectivity index (χ2n) is 6.45. The van der Waals surface area contributed by atoms with Gasteiger partial charge in [0.2, 0.25) is 5.82 Å². The highest BCUT2D eigenvalue weighted by molar-refractivity contribution is 5.97. The number of carbonyl (C=O) groups is 1. The molecule has 6 nitrogen and oxygen atoms in total. The number of ketones is 1. The minimum absolute atomic E-state index is 0.00291. The number of nitrogens with zero attached hydrogens (tertiary/aromatic N) is 5. The summed E-state index contributed by atoms with van der Waals surface area (Å²) in [6.07, 6.45) is -1.54. The fourth-order valence-electron chi connectivity index (χ4n) is 3.32. The fourth-order valence-corrected chi connectivity index (χ4v) is 3.32. The lowest BCUT2D eigenvalue weighted by molar-refractivity contribution is 0.0900. The molecule has 0 saturated carbocycles. The first kappa shape index (κ1) is 17.4. The highest BCUT2D eigenvalue weighted by atomic mass is 19.3. The van der Waals surface area contributed by atoms with Crippen LogP contribution in [0.5, 0.6) is 0 Å². The molecule has 4 rings (SSSR count). The number of Topliss-reactive ketones (excluding diaryl/α,β-unsaturated/α-hetero) is 1. The van der Waals surface area contributed by atoms with Crippen LogP contribution in [0.1, 0.15) is 35.4 Å². The molecule has 140 valence electrons. The number of rotatable bonds is 4. The zero-order chi connectivity index (χ0) is 19.0. The van der Waals surface area contributed by atoms with Crippen molar-refractivity contribution in [3.8, 4) is 0 Å². The van der Waals surface area contributed by atoms with E-state index in [1.807, 2.05) is 4.90 Å². The van der Waals surface area contributed by atoms with Gasteiger partial charge in [0.1, 0.15) is 11.6 Å². The topological polar surface area (TPSA) is 63.4 Å². The Bertz CT molecular complexity index is 965. The molecule has 0 aliphatic carbocycles. The Labute approximate surface area is 152 Å². The Morgan fingerprint density at radius 2 is 1.74 bits per heavy atom. The van der Waals surface area contributed by atoms with E-state index in [1.165, 1.54) is 24.3 Å². The molecule has 0 unspecified atom stereocenters. The maximum Gasteiger partial charge on any atom is 0.299 e. The molecule has 3 aromatic rings. The number of hydrogen-bond donors (Lipinski definition) is 0. The highest BCUT2D eigenvalue weighted by Crippen LogP contribution is 2.26. The summed E-state index contributed by atoms with van der Waals surface area (Å²) in [5.41, 5.74) is 0.760. The number of hydrogen-bond acceptors (Lipinski definition) is 5. The second kappa shape index (κ2) is 6.98. The first-order valence-electron chi connectivity index (χ1n) is 8.58. The third kappa shape index (κ3) is 3.36. The second-order valence-corrected chi connectivity index (χ2v) is 6.45. The SMILES string of the molecule is O=C(c1ccc(F)cc1)C1CCN(c2ccc3nnc(C(F)F)n3n2)CC1. The molecule has 1 aromatic carbocycles. The number of alkyl halides is 2. The van der Waals surface area contributed by atoms with Crippen molar-refractivity contribution in [2.45, 2.75) is 19.3 Å². The van der Waals surface area contributed by atoms with Gasteiger partial charge in [-0.25, -0.2) is 13.2 Å². The summed E-state index contributed by atoms with van der Waals surface area (Å²) in [6, 6.07) is 8.86. The monoisotopic (exact) mass is 375 g/mol. The van der Waals surface area contributed by atoms with Crippen LogP contribution >= 0.6 is 0 Å². The van der Waals surface area contributed by atoms with Crippen molar-refractivity contribution in [3.05, 3.63) is 53.6 Å². The van der Waals surface area contributed by atoms with Crippen LogP contribution in [0.4, 0.5) is 19.0 Å². The van der Waals surface area contributed by atoms with Gasteiger partial charge in [-0.3, -0.25) is 4.79 Å². The summed E-state index contributed by atoms with van der Waals surface area (Å²) in [5, 5.41) is 11.4. The van der Waals surface area contributed by atoms with Gasteiger partial charge in [-0.15, -0.1) is 15.3 Å². The van der Waals surface area contributed by atoms with Gasteiger partial charge in [0.25, 0.3) is 6.43 Å². The smallest absolute Gasteiger partial charge is 0.299 e. The summed E-state index contributed by atoms with van der Waals surface area (Å²) < 4.78 is 40.1. The third-order valence-corrected chi connectivity index (χ3v) is 4.79. The lowest BCUT2D eigenvalue weighted by atomic mass is 9.89. The Balaban J connectivity index is 1.47. The molecule has 3 heterocycles. The molecule has 0 radical (unpaired) electrons. The van der Waals surface area contributed by atoms with Crippen LogP contribution in [0.15, 0.2) is 36.4 Å². The Hall–Kier alpha value is -2.97. The Kier molecular flexibility index (Phi) is 4.51. The normalized spacial score (nSPS) is 15.6. The summed E-state index contributed by atoms with van der Waals surface area (Å²) in [5.74, 6) is -0.482. The zero-order valence-corrected chi connectivity index (χ0v) is 14.2. The molecule has 1 aliphatic heterocycles. The molecule has 27 heavy (non-hydrogen) atoms. The maximum absolute atomic E-state index is 13.0. The quantitative estimate of drug-likeness (QED) is 0.655. The van der Waals surface area contributed by atoms with Crippen LogP contribution in [0.3, 0.4) is 0 Å². The van der Waals surface area contributed by atoms with Gasteiger partial charge in [0.15, 0.2) is 11.4 Å². The average Bonchev–Trinajstić information content (AvgIpc) is 3.12. The number of carbonyl (C=O) groups excluding carboxylic acids is 1. The zero-order valence-electron chi connectivity index (χ0n) is 14.2. The van der Waals surface area contributed by atoms with E-state index in [-0.39, 0.29) is 23.2 Å². The molecular formula is C18H16F3N5O. The minimum atomic E-state index is -2.76. The van der Waals surface area contributed by atoms with Crippen molar-refractivity contribution < 1.29 is 18.0 Å². The van der Waals surface area contributed by atoms with Gasteiger partial charge >= 0.3 is 0 Å². The number of piperidine rings is 1. The molecule has 1 aliphatic rings. The molecule has 0 amide bonds. The predicted molar refractivity (Wildman–Crippen MR) is 91.4 cm³/mol. The third-order valence-electron chi connectivity index (χ3n) is 4.79. The number of benzene rings is 1. The molecule has 0 N–H and O–H groups in total. The summed E-state index contributed by atoms with van der Waals surface area (Å²) >= 11 is 0. The lowest BCUT2D eigenvalue weighted by Gasteiger charge is -2.32. The van der Waals surface area contributed by atoms with E-state index in [0.29, 0.717) is 37.3 Å². The van der Waals surface area contributed by atoms with Crippen molar-refractivity contribution >= 4 is 17.2 Å². The maximum atomic E-state index is 13.0. The van der Waals surface area contributed by atoms with Crippen molar-refractivity contribution in [1.82, 2.24) is 19.8 Å². The van der Waals surface area contributed by atoms with E-state index < -0.39 is 12.2 Å². The van der Waals surface area contributed by atoms with Crippen LogP contribution in [-0.2, 0) is 0 Å². The average molecular weight is 375 g/mol. The van der Waals surface area contributed by atoms with Gasteiger partial charge in [-0.05, 0) is 49.2 Å². The Morgan fingerprint density at radius 1 is 1.04 bits per heavy atom. The number of aromatic nitrogens is 4. The summed E-state index contributed by atoms with van der Waals surface area (Å²) in [4.78, 5) is 14.5. The molecule has 0 spiro atoms. The summed E-state index contributed by atoms with van der Waals surface area (Å²) in [7, 11) is 0. The van der Waals surface area contributed by atoms with Gasteiger partial charge in [-0.1, -0.05) is 0 Å². The predicted octanol–water partition coefficient (Wildman–Crippen LogP) is 3.30. The van der Waals surface area contributed by atoms with Crippen LogP contribution in [0, 0.1) is 11.7 Å². The minimum Gasteiger partial charge on any atom is -0.355 e. The van der Waals surface area contributed by atoms with Crippen molar-refractivity contribution in [2.24, 2.45) is 5.92 Å². The lowest BCUT2D eigenvalue weighted by Crippen LogP contribution is -2.37. The van der Waals surface area contributed by atoms with E-state index in [2.05, 4.69) is 15.3 Å². The molecule has 1 saturated heterocycles. The van der Waals surface area contributed by atoms with Crippen LogP contribution in [0.25, 0.3) is 5.65 Å². The van der Waals surface area contributed by atoms with Crippen LogP contribution in [-0.4, -0.2) is 38.7 Å². The molecule has 0 bridgehead atoms. The number of anilines is 1. The molecule has 1 fully saturated rings. The first-order chi connectivity index (χ1) is 13.0. The first-order valence-corrected chi connectivity index (χ1v) is 8.58. The number of halogens is 3. The molecule has 9 heteroatoms.